The van der Waals surface area contributed by atoms with Gasteiger partial charge in [-0.2, -0.15) is 0 Å². The molecule has 2 aromatic rings. The van der Waals surface area contributed by atoms with E-state index in [4.69, 9.17) is 0 Å². The predicted octanol–water partition coefficient (Wildman–Crippen LogP) is 3.05. The molecule has 3 rings (SSSR count). The number of amides is 1. The molecule has 1 amide bonds. The summed E-state index contributed by atoms with van der Waals surface area (Å²) in [6.07, 6.45) is 1.26. The molecule has 0 spiro atoms. The number of carbonyl (C=O) groups excluding carboxylic acids is 1. The fraction of sp³-hybridized carbons (Fsp3) is 0.353. The smallest absolute Gasteiger partial charge is 0.257 e. The summed E-state index contributed by atoms with van der Waals surface area (Å²) in [7, 11) is 0. The van der Waals surface area contributed by atoms with E-state index in [1.54, 1.807) is 0 Å². The van der Waals surface area contributed by atoms with E-state index >= 15 is 0 Å². The number of nitrogens with zero attached hydrogens (tertiary/aromatic N) is 1. The molecular weight excluding hydrogens is 310 g/mol. The summed E-state index contributed by atoms with van der Waals surface area (Å²) in [5.41, 5.74) is 2.47. The van der Waals surface area contributed by atoms with Crippen LogP contribution >= 0.6 is 11.8 Å². The van der Waals surface area contributed by atoms with Gasteiger partial charge in [0.15, 0.2) is 5.16 Å². The summed E-state index contributed by atoms with van der Waals surface area (Å²) in [5, 5.41) is 3.31. The third-order valence-electron chi connectivity index (χ3n) is 3.94. The molecule has 23 heavy (non-hydrogen) atoms. The summed E-state index contributed by atoms with van der Waals surface area (Å²) in [5.74, 6) is 0.922. The van der Waals surface area contributed by atoms with Gasteiger partial charge >= 0.3 is 0 Å². The minimum atomic E-state index is -0.249. The Morgan fingerprint density at radius 3 is 2.83 bits per heavy atom. The lowest BCUT2D eigenvalue weighted by molar-refractivity contribution is -0.116. The minimum absolute atomic E-state index is 0.102. The van der Waals surface area contributed by atoms with E-state index in [2.05, 4.69) is 22.2 Å². The fourth-order valence-corrected chi connectivity index (χ4v) is 3.58. The first-order chi connectivity index (χ1) is 11.1. The molecule has 1 atom stereocenters. The van der Waals surface area contributed by atoms with Crippen LogP contribution in [0.2, 0.25) is 0 Å². The summed E-state index contributed by atoms with van der Waals surface area (Å²) < 4.78 is 0. The third-order valence-corrected chi connectivity index (χ3v) is 5.02. The van der Waals surface area contributed by atoms with Crippen molar-refractivity contribution in [3.8, 4) is 0 Å². The number of rotatable bonds is 4. The molecule has 1 aliphatic heterocycles. The summed E-state index contributed by atoms with van der Waals surface area (Å²) in [6.45, 7) is 4.06. The number of carbonyl (C=O) groups is 1. The first-order valence-electron chi connectivity index (χ1n) is 7.72. The van der Waals surface area contributed by atoms with Crippen molar-refractivity contribution in [2.45, 2.75) is 37.8 Å². The zero-order valence-corrected chi connectivity index (χ0v) is 14.0. The highest BCUT2D eigenvalue weighted by Gasteiger charge is 2.31. The summed E-state index contributed by atoms with van der Waals surface area (Å²) in [4.78, 5) is 32.0. The Hall–Kier alpha value is -2.08. The maximum Gasteiger partial charge on any atom is 0.257 e. The van der Waals surface area contributed by atoms with Crippen molar-refractivity contribution in [2.75, 3.05) is 11.1 Å². The average Bonchev–Trinajstić information content (AvgIpc) is 2.52. The van der Waals surface area contributed by atoms with Gasteiger partial charge in [-0.3, -0.25) is 9.59 Å². The number of nitrogens with one attached hydrogen (secondary N) is 2. The minimum Gasteiger partial charge on any atom is -0.310 e. The van der Waals surface area contributed by atoms with Crippen molar-refractivity contribution in [2.24, 2.45) is 0 Å². The highest BCUT2D eigenvalue weighted by atomic mass is 32.2. The number of hydrogen-bond donors (Lipinski definition) is 2. The third kappa shape index (κ3) is 3.17. The SMILES string of the molecule is CCCSc1nc2c(c(=O)[nH]1)[C@H](c1ccccc1C)CC(=O)N2. The Morgan fingerprint density at radius 1 is 1.30 bits per heavy atom. The second kappa shape index (κ2) is 6.58. The Balaban J connectivity index is 2.09. The number of aryl methyl sites for hydroxylation is 1. The number of aromatic nitrogens is 2. The molecule has 2 heterocycles. The van der Waals surface area contributed by atoms with Gasteiger partial charge in [0, 0.05) is 18.1 Å². The highest BCUT2D eigenvalue weighted by Crippen LogP contribution is 2.35. The van der Waals surface area contributed by atoms with E-state index < -0.39 is 0 Å². The zero-order chi connectivity index (χ0) is 16.4. The van der Waals surface area contributed by atoms with E-state index in [0.717, 1.165) is 23.3 Å². The van der Waals surface area contributed by atoms with Crippen molar-refractivity contribution in [1.82, 2.24) is 9.97 Å². The lowest BCUT2D eigenvalue weighted by Gasteiger charge is -2.25. The second-order valence-corrected chi connectivity index (χ2v) is 6.73. The van der Waals surface area contributed by atoms with Crippen LogP contribution in [0, 0.1) is 6.92 Å². The van der Waals surface area contributed by atoms with E-state index in [0.29, 0.717) is 16.5 Å². The maximum atomic E-state index is 12.6. The molecule has 5 nitrogen and oxygen atoms in total. The number of hydrogen-bond acceptors (Lipinski definition) is 4. The van der Waals surface area contributed by atoms with Crippen LogP contribution in [0.15, 0.2) is 34.2 Å². The zero-order valence-electron chi connectivity index (χ0n) is 13.2. The Labute approximate surface area is 138 Å². The first-order valence-corrected chi connectivity index (χ1v) is 8.71. The van der Waals surface area contributed by atoms with Crippen LogP contribution in [0.25, 0.3) is 0 Å². The van der Waals surface area contributed by atoms with Crippen LogP contribution in [0.1, 0.15) is 42.4 Å². The van der Waals surface area contributed by atoms with Gasteiger partial charge in [-0.05, 0) is 24.5 Å². The largest absolute Gasteiger partial charge is 0.310 e. The normalized spacial score (nSPS) is 16.8. The second-order valence-electron chi connectivity index (χ2n) is 5.64. The Bertz CT molecular complexity index is 801. The number of anilines is 1. The van der Waals surface area contributed by atoms with Gasteiger partial charge in [-0.25, -0.2) is 4.98 Å². The van der Waals surface area contributed by atoms with Crippen molar-refractivity contribution >= 4 is 23.5 Å². The van der Waals surface area contributed by atoms with Crippen molar-refractivity contribution in [1.29, 1.82) is 0 Å². The molecule has 0 saturated carbocycles. The molecule has 0 saturated heterocycles. The maximum absolute atomic E-state index is 12.6. The van der Waals surface area contributed by atoms with Gasteiger partial charge in [0.2, 0.25) is 5.91 Å². The molecule has 0 radical (unpaired) electrons. The van der Waals surface area contributed by atoms with Crippen molar-refractivity contribution in [3.05, 3.63) is 51.3 Å². The molecule has 0 unspecified atom stereocenters. The van der Waals surface area contributed by atoms with Gasteiger partial charge in [-0.1, -0.05) is 43.0 Å². The van der Waals surface area contributed by atoms with Gasteiger partial charge in [0.05, 0.1) is 5.56 Å². The molecule has 0 fully saturated rings. The molecule has 6 heteroatoms. The molecule has 1 aliphatic rings. The number of H-pyrrole nitrogens is 1. The lowest BCUT2D eigenvalue weighted by Crippen LogP contribution is -2.31. The Kier molecular flexibility index (Phi) is 4.52. The van der Waals surface area contributed by atoms with Crippen molar-refractivity contribution < 1.29 is 4.79 Å². The van der Waals surface area contributed by atoms with Crippen molar-refractivity contribution in [3.63, 3.8) is 0 Å². The van der Waals surface area contributed by atoms with Crippen LogP contribution in [0.3, 0.4) is 0 Å². The number of benzene rings is 1. The topological polar surface area (TPSA) is 74.8 Å². The van der Waals surface area contributed by atoms with Gasteiger partial charge in [0.25, 0.3) is 5.56 Å². The van der Waals surface area contributed by atoms with E-state index in [-0.39, 0.29) is 23.8 Å². The van der Waals surface area contributed by atoms with Crippen LogP contribution in [0.4, 0.5) is 5.82 Å². The number of fused-ring (bicyclic) bond motifs is 1. The molecule has 1 aromatic heterocycles. The van der Waals surface area contributed by atoms with E-state index in [9.17, 15) is 9.59 Å². The van der Waals surface area contributed by atoms with Gasteiger partial charge in [0.1, 0.15) is 5.82 Å². The van der Waals surface area contributed by atoms with Crippen LogP contribution in [0.5, 0.6) is 0 Å². The van der Waals surface area contributed by atoms with Crippen LogP contribution < -0.4 is 10.9 Å². The van der Waals surface area contributed by atoms with Crippen LogP contribution in [-0.2, 0) is 4.79 Å². The molecule has 120 valence electrons. The number of aromatic amines is 1. The van der Waals surface area contributed by atoms with E-state index in [1.807, 2.05) is 31.2 Å². The highest BCUT2D eigenvalue weighted by molar-refractivity contribution is 7.99. The van der Waals surface area contributed by atoms with E-state index in [1.165, 1.54) is 11.8 Å². The molecule has 0 bridgehead atoms. The quantitative estimate of drug-likeness (QED) is 0.668. The molecule has 0 aliphatic carbocycles. The van der Waals surface area contributed by atoms with Crippen LogP contribution in [-0.4, -0.2) is 21.6 Å². The summed E-state index contributed by atoms with van der Waals surface area (Å²) >= 11 is 1.49. The standard InChI is InChI=1S/C17H19N3O2S/c1-3-8-23-17-19-15-14(16(22)20-17)12(9-13(21)18-15)11-7-5-4-6-10(11)2/h4-7,12H,3,8-9H2,1-2H3,(H2,18,19,20,21,22)/t12-/m0/s1. The first kappa shape index (κ1) is 15.8. The molecular formula is C17H19N3O2S. The summed E-state index contributed by atoms with van der Waals surface area (Å²) in [6, 6.07) is 7.85. The average molecular weight is 329 g/mol. The Morgan fingerprint density at radius 2 is 2.09 bits per heavy atom. The van der Waals surface area contributed by atoms with Gasteiger partial charge < -0.3 is 10.3 Å². The monoisotopic (exact) mass is 329 g/mol. The van der Waals surface area contributed by atoms with Gasteiger partial charge in [-0.15, -0.1) is 0 Å². The molecule has 1 aromatic carbocycles. The predicted molar refractivity (Wildman–Crippen MR) is 92.1 cm³/mol. The lowest BCUT2D eigenvalue weighted by atomic mass is 9.84. The fourth-order valence-electron chi connectivity index (χ4n) is 2.86. The molecule has 2 N–H and O–H groups in total. The number of thioether (sulfide) groups is 1.